The Labute approximate surface area is 147 Å². The van der Waals surface area contributed by atoms with Crippen LogP contribution in [0, 0.1) is 13.8 Å². The minimum Gasteiger partial charge on any atom is -0.483 e. The summed E-state index contributed by atoms with van der Waals surface area (Å²) in [5.41, 5.74) is 4.89. The second kappa shape index (κ2) is 6.97. The summed E-state index contributed by atoms with van der Waals surface area (Å²) >= 11 is 0. The van der Waals surface area contributed by atoms with Crippen LogP contribution in [0.3, 0.4) is 0 Å². The summed E-state index contributed by atoms with van der Waals surface area (Å²) in [6.45, 7) is 6.19. The third-order valence-corrected chi connectivity index (χ3v) is 4.33. The number of nitrogens with zero attached hydrogens (tertiary/aromatic N) is 1. The first-order valence-corrected chi connectivity index (χ1v) is 8.35. The van der Waals surface area contributed by atoms with E-state index in [1.165, 1.54) is 0 Å². The van der Waals surface area contributed by atoms with E-state index >= 15 is 0 Å². The van der Waals surface area contributed by atoms with Crippen LogP contribution in [0.15, 0.2) is 36.4 Å². The summed E-state index contributed by atoms with van der Waals surface area (Å²) in [7, 11) is 0. The van der Waals surface area contributed by atoms with Gasteiger partial charge >= 0.3 is 0 Å². The van der Waals surface area contributed by atoms with Crippen LogP contribution in [0.1, 0.15) is 23.6 Å². The number of hydrogen-bond acceptors (Lipinski definition) is 3. The summed E-state index contributed by atoms with van der Waals surface area (Å²) in [5, 5.41) is 2.85. The molecule has 0 bridgehead atoms. The third-order valence-electron chi connectivity index (χ3n) is 4.33. The van der Waals surface area contributed by atoms with Gasteiger partial charge in [0.05, 0.1) is 0 Å². The van der Waals surface area contributed by atoms with Gasteiger partial charge in [0.15, 0.2) is 6.61 Å². The molecule has 2 aromatic rings. The topological polar surface area (TPSA) is 58.6 Å². The van der Waals surface area contributed by atoms with Crippen molar-refractivity contribution >= 4 is 23.2 Å². The van der Waals surface area contributed by atoms with Crippen molar-refractivity contribution in [1.82, 2.24) is 0 Å². The Balaban J connectivity index is 1.61. The van der Waals surface area contributed by atoms with E-state index in [1.807, 2.05) is 50.2 Å². The highest BCUT2D eigenvalue weighted by Gasteiger charge is 2.22. The Morgan fingerprint density at radius 3 is 2.68 bits per heavy atom. The lowest BCUT2D eigenvalue weighted by atomic mass is 10.1. The predicted molar refractivity (Wildman–Crippen MR) is 98.2 cm³/mol. The van der Waals surface area contributed by atoms with Crippen LogP contribution in [0.4, 0.5) is 11.4 Å². The molecule has 130 valence electrons. The van der Waals surface area contributed by atoms with Crippen LogP contribution in [0.2, 0.25) is 0 Å². The van der Waals surface area contributed by atoms with E-state index in [9.17, 15) is 9.59 Å². The zero-order valence-corrected chi connectivity index (χ0v) is 14.8. The van der Waals surface area contributed by atoms with E-state index in [2.05, 4.69) is 5.32 Å². The normalized spacial score (nSPS) is 12.7. The van der Waals surface area contributed by atoms with Gasteiger partial charge in [-0.15, -0.1) is 0 Å². The quantitative estimate of drug-likeness (QED) is 0.931. The predicted octanol–water partition coefficient (Wildman–Crippen LogP) is 3.23. The summed E-state index contributed by atoms with van der Waals surface area (Å²) < 4.78 is 5.60. The molecule has 0 unspecified atom stereocenters. The lowest BCUT2D eigenvalue weighted by Crippen LogP contribution is -2.25. The van der Waals surface area contributed by atoms with Gasteiger partial charge in [-0.1, -0.05) is 17.7 Å². The molecule has 0 fully saturated rings. The first-order valence-electron chi connectivity index (χ1n) is 8.35. The fourth-order valence-corrected chi connectivity index (χ4v) is 3.11. The molecule has 0 atom stereocenters. The van der Waals surface area contributed by atoms with Gasteiger partial charge in [-0.2, -0.15) is 0 Å². The molecule has 1 aliphatic heterocycles. The van der Waals surface area contributed by atoms with Gasteiger partial charge in [-0.25, -0.2) is 0 Å². The highest BCUT2D eigenvalue weighted by Crippen LogP contribution is 2.30. The number of aryl methyl sites for hydroxylation is 2. The Bertz CT molecular complexity index is 830. The van der Waals surface area contributed by atoms with E-state index in [0.717, 1.165) is 34.5 Å². The lowest BCUT2D eigenvalue weighted by Gasteiger charge is -2.15. The van der Waals surface area contributed by atoms with Gasteiger partial charge in [0.1, 0.15) is 5.75 Å². The van der Waals surface area contributed by atoms with Crippen LogP contribution in [0.5, 0.6) is 5.75 Å². The Morgan fingerprint density at radius 2 is 1.96 bits per heavy atom. The van der Waals surface area contributed by atoms with Gasteiger partial charge < -0.3 is 15.0 Å². The zero-order valence-electron chi connectivity index (χ0n) is 14.8. The molecule has 2 aromatic carbocycles. The smallest absolute Gasteiger partial charge is 0.262 e. The number of anilines is 2. The largest absolute Gasteiger partial charge is 0.483 e. The molecule has 0 saturated heterocycles. The molecule has 0 aromatic heterocycles. The summed E-state index contributed by atoms with van der Waals surface area (Å²) in [5.74, 6) is 0.547. The number of rotatable bonds is 4. The van der Waals surface area contributed by atoms with Crippen molar-refractivity contribution in [2.24, 2.45) is 0 Å². The third kappa shape index (κ3) is 3.82. The molecular formula is C20H22N2O3. The van der Waals surface area contributed by atoms with Gasteiger partial charge in [0, 0.05) is 24.8 Å². The second-order valence-electron chi connectivity index (χ2n) is 6.37. The number of carbonyl (C=O) groups is 2. The van der Waals surface area contributed by atoms with Gasteiger partial charge in [-0.05, 0) is 55.7 Å². The molecule has 1 aliphatic rings. The average molecular weight is 338 g/mol. The highest BCUT2D eigenvalue weighted by atomic mass is 16.5. The molecule has 0 radical (unpaired) electrons. The number of hydrogen-bond donors (Lipinski definition) is 1. The van der Waals surface area contributed by atoms with Crippen molar-refractivity contribution in [2.75, 3.05) is 23.4 Å². The average Bonchev–Trinajstić information content (AvgIpc) is 2.97. The molecule has 5 heteroatoms. The molecule has 5 nitrogen and oxygen atoms in total. The zero-order chi connectivity index (χ0) is 18.0. The molecule has 0 aliphatic carbocycles. The summed E-state index contributed by atoms with van der Waals surface area (Å²) in [6, 6.07) is 11.5. The number of fused-ring (bicyclic) bond motifs is 1. The maximum Gasteiger partial charge on any atom is 0.262 e. The van der Waals surface area contributed by atoms with Gasteiger partial charge in [-0.3, -0.25) is 9.59 Å². The SMILES string of the molecule is CC(=O)N1CCc2cc(NC(=O)COc3ccc(C)cc3C)ccc21. The minimum atomic E-state index is -0.207. The number of carbonyl (C=O) groups excluding carboxylic acids is 2. The van der Waals surface area contributed by atoms with Gasteiger partial charge in [0.2, 0.25) is 5.91 Å². The first kappa shape index (κ1) is 17.0. The van der Waals surface area contributed by atoms with Crippen LogP contribution in [-0.2, 0) is 16.0 Å². The van der Waals surface area contributed by atoms with Crippen molar-refractivity contribution in [2.45, 2.75) is 27.2 Å². The molecule has 0 saturated carbocycles. The fourth-order valence-electron chi connectivity index (χ4n) is 3.11. The van der Waals surface area contributed by atoms with E-state index in [1.54, 1.807) is 11.8 Å². The van der Waals surface area contributed by atoms with Crippen molar-refractivity contribution < 1.29 is 14.3 Å². The van der Waals surface area contributed by atoms with Crippen LogP contribution in [0.25, 0.3) is 0 Å². The summed E-state index contributed by atoms with van der Waals surface area (Å²) in [6.07, 6.45) is 0.803. The Morgan fingerprint density at radius 1 is 1.16 bits per heavy atom. The van der Waals surface area contributed by atoms with E-state index < -0.39 is 0 Å². The number of amides is 2. The molecular weight excluding hydrogens is 316 g/mol. The van der Waals surface area contributed by atoms with E-state index in [-0.39, 0.29) is 18.4 Å². The van der Waals surface area contributed by atoms with Crippen molar-refractivity contribution in [3.05, 3.63) is 53.1 Å². The summed E-state index contributed by atoms with van der Waals surface area (Å²) in [4.78, 5) is 25.5. The molecule has 1 heterocycles. The van der Waals surface area contributed by atoms with Crippen LogP contribution < -0.4 is 15.0 Å². The highest BCUT2D eigenvalue weighted by molar-refractivity contribution is 5.95. The van der Waals surface area contributed by atoms with E-state index in [4.69, 9.17) is 4.74 Å². The van der Waals surface area contributed by atoms with Crippen LogP contribution >= 0.6 is 0 Å². The fraction of sp³-hybridized carbons (Fsp3) is 0.300. The van der Waals surface area contributed by atoms with Crippen molar-refractivity contribution in [3.63, 3.8) is 0 Å². The maximum atomic E-state index is 12.1. The number of nitrogens with one attached hydrogen (secondary N) is 1. The molecule has 3 rings (SSSR count). The Kier molecular flexibility index (Phi) is 4.74. The van der Waals surface area contributed by atoms with Crippen molar-refractivity contribution in [3.8, 4) is 5.75 Å². The standard InChI is InChI=1S/C20H22N2O3/c1-13-4-7-19(14(2)10-13)25-12-20(24)21-17-5-6-18-16(11-17)8-9-22(18)15(3)23/h4-7,10-11H,8-9,12H2,1-3H3,(H,21,24). The molecule has 25 heavy (non-hydrogen) atoms. The molecule has 1 N–H and O–H groups in total. The van der Waals surface area contributed by atoms with Crippen molar-refractivity contribution in [1.29, 1.82) is 0 Å². The van der Waals surface area contributed by atoms with Gasteiger partial charge in [0.25, 0.3) is 5.91 Å². The Hall–Kier alpha value is -2.82. The first-order chi connectivity index (χ1) is 11.9. The lowest BCUT2D eigenvalue weighted by molar-refractivity contribution is -0.118. The minimum absolute atomic E-state index is 0.0393. The number of ether oxygens (including phenoxy) is 1. The number of benzene rings is 2. The van der Waals surface area contributed by atoms with Crippen LogP contribution in [-0.4, -0.2) is 25.0 Å². The molecule has 0 spiro atoms. The maximum absolute atomic E-state index is 12.1. The second-order valence-corrected chi connectivity index (χ2v) is 6.37. The monoisotopic (exact) mass is 338 g/mol. The molecule has 2 amide bonds. The van der Waals surface area contributed by atoms with E-state index in [0.29, 0.717) is 12.3 Å².